The maximum atomic E-state index is 12.2. The van der Waals surface area contributed by atoms with E-state index in [1.54, 1.807) is 4.57 Å². The highest BCUT2D eigenvalue weighted by Crippen LogP contribution is 2.45. The molecule has 0 bridgehead atoms. The summed E-state index contributed by atoms with van der Waals surface area (Å²) in [7, 11) is -1.37. The van der Waals surface area contributed by atoms with Gasteiger partial charge in [-0.15, -0.1) is 0 Å². The van der Waals surface area contributed by atoms with Crippen molar-refractivity contribution in [3.8, 4) is 6.07 Å². The number of H-pyrrole nitrogens is 1. The molecule has 1 unspecified atom stereocenters. The fraction of sp³-hybridized carbons (Fsp3) is 0.700. The first kappa shape index (κ1) is 26.3. The van der Waals surface area contributed by atoms with E-state index < -0.39 is 8.53 Å². The predicted octanol–water partition coefficient (Wildman–Crippen LogP) is 3.27. The van der Waals surface area contributed by atoms with E-state index in [-0.39, 0.29) is 29.8 Å². The molecule has 11 nitrogen and oxygen atoms in total. The molecular formula is C20H33N6O5P. The number of nitriles is 1. The van der Waals surface area contributed by atoms with Crippen molar-refractivity contribution in [2.75, 3.05) is 19.8 Å². The Morgan fingerprint density at radius 3 is 2.56 bits per heavy atom. The quantitative estimate of drug-likeness (QED) is 0.181. The van der Waals surface area contributed by atoms with Crippen LogP contribution in [0.1, 0.15) is 53.3 Å². The molecule has 0 aliphatic rings. The van der Waals surface area contributed by atoms with Crippen molar-refractivity contribution in [3.05, 3.63) is 22.5 Å². The summed E-state index contributed by atoms with van der Waals surface area (Å²) in [5.74, 6) is 0.517. The van der Waals surface area contributed by atoms with Crippen LogP contribution in [0.4, 0.5) is 0 Å². The van der Waals surface area contributed by atoms with Crippen molar-refractivity contribution in [3.63, 3.8) is 0 Å². The van der Waals surface area contributed by atoms with Crippen LogP contribution in [0.25, 0.3) is 11.2 Å². The van der Waals surface area contributed by atoms with E-state index in [1.165, 1.54) is 6.33 Å². The van der Waals surface area contributed by atoms with Gasteiger partial charge in [-0.05, 0) is 34.1 Å². The second kappa shape index (κ2) is 13.6. The lowest BCUT2D eigenvalue weighted by Gasteiger charge is -2.35. The summed E-state index contributed by atoms with van der Waals surface area (Å²) in [6.45, 7) is 11.8. The van der Waals surface area contributed by atoms with Crippen LogP contribution in [0.2, 0.25) is 0 Å². The van der Waals surface area contributed by atoms with Crippen LogP contribution in [0.5, 0.6) is 0 Å². The van der Waals surface area contributed by atoms with E-state index in [4.69, 9.17) is 24.1 Å². The van der Waals surface area contributed by atoms with Crippen molar-refractivity contribution in [1.82, 2.24) is 24.2 Å². The first-order chi connectivity index (χ1) is 15.4. The second-order valence-corrected chi connectivity index (χ2v) is 9.00. The first-order valence-corrected chi connectivity index (χ1v) is 11.9. The van der Waals surface area contributed by atoms with Gasteiger partial charge in [0.2, 0.25) is 0 Å². The molecule has 0 aliphatic carbocycles. The summed E-state index contributed by atoms with van der Waals surface area (Å²) >= 11 is 0. The van der Waals surface area contributed by atoms with Crippen LogP contribution in [0.15, 0.2) is 11.1 Å². The standard InChI is InChI=1S/C20H33N6O5P/c1-6-10-28-29-13-17-24-18-19(22-14-23-20(18)27)25(17)9-12-31-32(30-11-7-8-21)26(15(2)3)16(4)5/h14-16H,6-7,9-13H2,1-5H3,(H,22,23,27). The van der Waals surface area contributed by atoms with E-state index in [2.05, 4.69) is 53.4 Å². The minimum absolute atomic E-state index is 0.0767. The highest BCUT2D eigenvalue weighted by molar-refractivity contribution is 7.44. The van der Waals surface area contributed by atoms with Crippen molar-refractivity contribution in [2.24, 2.45) is 0 Å². The number of nitrogens with zero attached hydrogens (tertiary/aromatic N) is 5. The first-order valence-electron chi connectivity index (χ1n) is 10.8. The molecule has 1 N–H and O–H groups in total. The number of aromatic amines is 1. The molecule has 2 aromatic heterocycles. The lowest BCUT2D eigenvalue weighted by molar-refractivity contribution is -0.305. The van der Waals surface area contributed by atoms with Crippen LogP contribution in [0, 0.1) is 11.3 Å². The third kappa shape index (κ3) is 7.30. The number of hydrogen-bond acceptors (Lipinski definition) is 9. The summed E-state index contributed by atoms with van der Waals surface area (Å²) in [6, 6.07) is 2.50. The average Bonchev–Trinajstić information content (AvgIpc) is 3.09. The molecule has 0 saturated carbocycles. The molecule has 0 aliphatic heterocycles. The number of aromatic nitrogens is 4. The fourth-order valence-corrected chi connectivity index (χ4v) is 4.68. The normalized spacial score (nSPS) is 12.8. The molecule has 2 aromatic rings. The third-order valence-electron chi connectivity index (χ3n) is 4.36. The molecule has 0 radical (unpaired) electrons. The zero-order valence-corrected chi connectivity index (χ0v) is 20.3. The van der Waals surface area contributed by atoms with Gasteiger partial charge in [0, 0.05) is 18.6 Å². The van der Waals surface area contributed by atoms with Crippen molar-refractivity contribution >= 4 is 19.7 Å². The molecule has 0 fully saturated rings. The number of rotatable bonds is 15. The van der Waals surface area contributed by atoms with Gasteiger partial charge >= 0.3 is 0 Å². The van der Waals surface area contributed by atoms with Gasteiger partial charge < -0.3 is 18.6 Å². The fourth-order valence-electron chi connectivity index (χ4n) is 3.10. The monoisotopic (exact) mass is 468 g/mol. The smallest absolute Gasteiger partial charge is 0.278 e. The van der Waals surface area contributed by atoms with Crippen LogP contribution < -0.4 is 5.56 Å². The SMILES string of the molecule is CCCOOCc1nc2c(=O)[nH]cnc2n1CCOP(OCCC#N)N(C(C)C)C(C)C. The van der Waals surface area contributed by atoms with Crippen LogP contribution in [0.3, 0.4) is 0 Å². The molecule has 12 heteroatoms. The van der Waals surface area contributed by atoms with Gasteiger partial charge in [0.15, 0.2) is 11.2 Å². The van der Waals surface area contributed by atoms with Gasteiger partial charge in [-0.1, -0.05) is 6.92 Å². The summed E-state index contributed by atoms with van der Waals surface area (Å²) < 4.78 is 16.0. The Labute approximate surface area is 189 Å². The van der Waals surface area contributed by atoms with Gasteiger partial charge in [0.05, 0.1) is 38.6 Å². The molecular weight excluding hydrogens is 435 g/mol. The Bertz CT molecular complexity index is 917. The van der Waals surface area contributed by atoms with Crippen molar-refractivity contribution in [2.45, 2.75) is 72.7 Å². The van der Waals surface area contributed by atoms with E-state index >= 15 is 0 Å². The molecule has 2 rings (SSSR count). The van der Waals surface area contributed by atoms with Crippen molar-refractivity contribution < 1.29 is 18.8 Å². The second-order valence-electron chi connectivity index (χ2n) is 7.55. The molecule has 2 heterocycles. The highest BCUT2D eigenvalue weighted by Gasteiger charge is 2.27. The van der Waals surface area contributed by atoms with Gasteiger partial charge in [0.25, 0.3) is 14.1 Å². The third-order valence-corrected chi connectivity index (χ3v) is 6.46. The minimum atomic E-state index is -1.37. The summed E-state index contributed by atoms with van der Waals surface area (Å²) in [5, 5.41) is 8.85. The highest BCUT2D eigenvalue weighted by atomic mass is 31.2. The number of imidazole rings is 1. The number of fused-ring (bicyclic) bond motifs is 1. The van der Waals surface area contributed by atoms with Gasteiger partial charge in [-0.25, -0.2) is 24.4 Å². The molecule has 0 amide bonds. The topological polar surface area (TPSA) is 128 Å². The molecule has 178 valence electrons. The van der Waals surface area contributed by atoms with Gasteiger partial charge in [-0.3, -0.25) is 4.79 Å². The molecule has 0 saturated heterocycles. The van der Waals surface area contributed by atoms with Gasteiger partial charge in [-0.2, -0.15) is 5.26 Å². The lowest BCUT2D eigenvalue weighted by Crippen LogP contribution is -2.34. The zero-order chi connectivity index (χ0) is 23.5. The molecule has 0 spiro atoms. The Morgan fingerprint density at radius 2 is 1.91 bits per heavy atom. The average molecular weight is 468 g/mol. The number of nitrogens with one attached hydrogen (secondary N) is 1. The summed E-state index contributed by atoms with van der Waals surface area (Å²) in [5.41, 5.74) is 0.365. The Hall–Kier alpha value is -1.93. The maximum absolute atomic E-state index is 12.2. The van der Waals surface area contributed by atoms with Crippen LogP contribution in [-0.2, 0) is 32.0 Å². The predicted molar refractivity (Wildman–Crippen MR) is 120 cm³/mol. The molecule has 1 atom stereocenters. The van der Waals surface area contributed by atoms with Crippen LogP contribution >= 0.6 is 8.53 Å². The van der Waals surface area contributed by atoms with E-state index in [1.807, 2.05) is 6.92 Å². The largest absolute Gasteiger partial charge is 0.321 e. The van der Waals surface area contributed by atoms with Crippen LogP contribution in [-0.4, -0.2) is 56.1 Å². The Kier molecular flexibility index (Phi) is 11.2. The molecule has 0 aromatic carbocycles. The van der Waals surface area contributed by atoms with E-state index in [0.29, 0.717) is 44.3 Å². The van der Waals surface area contributed by atoms with E-state index in [0.717, 1.165) is 6.42 Å². The lowest BCUT2D eigenvalue weighted by atomic mass is 10.3. The summed E-state index contributed by atoms with van der Waals surface area (Å²) in [6.07, 6.45) is 2.46. The van der Waals surface area contributed by atoms with Crippen molar-refractivity contribution in [1.29, 1.82) is 5.26 Å². The Balaban J connectivity index is 2.16. The Morgan fingerprint density at radius 1 is 1.19 bits per heavy atom. The number of hydrogen-bond donors (Lipinski definition) is 1. The summed E-state index contributed by atoms with van der Waals surface area (Å²) in [4.78, 5) is 33.7. The molecule has 32 heavy (non-hydrogen) atoms. The van der Waals surface area contributed by atoms with E-state index in [9.17, 15) is 4.79 Å². The zero-order valence-electron chi connectivity index (χ0n) is 19.4. The van der Waals surface area contributed by atoms with Gasteiger partial charge in [0.1, 0.15) is 12.4 Å². The minimum Gasteiger partial charge on any atom is -0.321 e. The maximum Gasteiger partial charge on any atom is 0.278 e.